The Hall–Kier alpha value is -0.630. The van der Waals surface area contributed by atoms with Gasteiger partial charge in [0.2, 0.25) is 0 Å². The van der Waals surface area contributed by atoms with Crippen LogP contribution in [0.4, 0.5) is 0 Å². The van der Waals surface area contributed by atoms with Crippen molar-refractivity contribution in [3.8, 4) is 0 Å². The van der Waals surface area contributed by atoms with Gasteiger partial charge in [-0.1, -0.05) is 12.2 Å². The molecular weight excluding hydrogens is 180 g/mol. The molecule has 1 saturated heterocycles. The fraction of sp³-hybridized carbons (Fsp3) is 0.455. The summed E-state index contributed by atoms with van der Waals surface area (Å²) in [7, 11) is 0. The number of rotatable bonds is 1. The Morgan fingerprint density at radius 1 is 1.31 bits per heavy atom. The molecule has 0 unspecified atom stereocenters. The fourth-order valence-electron chi connectivity index (χ4n) is 2.20. The van der Waals surface area contributed by atoms with E-state index in [0.717, 1.165) is 11.0 Å². The number of thioether (sulfide) groups is 1. The zero-order chi connectivity index (χ0) is 8.67. The van der Waals surface area contributed by atoms with Gasteiger partial charge in [0.15, 0.2) is 0 Å². The molecule has 1 aromatic rings. The fourth-order valence-corrected chi connectivity index (χ4v) is 3.73. The van der Waals surface area contributed by atoms with Crippen molar-refractivity contribution in [2.45, 2.75) is 23.3 Å². The van der Waals surface area contributed by atoms with Gasteiger partial charge in [0.05, 0.1) is 11.5 Å². The zero-order valence-corrected chi connectivity index (χ0v) is 8.17. The average molecular weight is 192 g/mol. The van der Waals surface area contributed by atoms with Crippen LogP contribution in [0, 0.1) is 5.92 Å². The Kier molecular flexibility index (Phi) is 1.76. The first kappa shape index (κ1) is 7.74. The first-order valence-electron chi connectivity index (χ1n) is 4.81. The highest BCUT2D eigenvalue weighted by atomic mass is 32.2. The second-order valence-electron chi connectivity index (χ2n) is 3.74. The van der Waals surface area contributed by atoms with E-state index >= 15 is 0 Å². The van der Waals surface area contributed by atoms with Crippen LogP contribution in [-0.4, -0.2) is 5.25 Å². The molecule has 2 aliphatic heterocycles. The molecule has 1 nitrogen and oxygen atoms in total. The lowest BCUT2D eigenvalue weighted by molar-refractivity contribution is 0.431. The van der Waals surface area contributed by atoms with Gasteiger partial charge in [-0.05, 0) is 30.9 Å². The Bertz CT molecular complexity index is 315. The van der Waals surface area contributed by atoms with Crippen LogP contribution in [0.5, 0.6) is 0 Å². The van der Waals surface area contributed by atoms with Gasteiger partial charge < -0.3 is 4.42 Å². The molecule has 4 rings (SSSR count). The highest BCUT2D eigenvalue weighted by Gasteiger charge is 2.34. The standard InChI is InChI=1S/C11H12OS/c1-2-10(12-7-1)11-8-3-5-9(13-11)6-4-8/h1-3,5,7-9,11H,4,6H2/t8-,9+,11-/m1/s1. The molecule has 1 aliphatic carbocycles. The third kappa shape index (κ3) is 1.24. The van der Waals surface area contributed by atoms with Crippen molar-refractivity contribution in [3.05, 3.63) is 36.3 Å². The van der Waals surface area contributed by atoms with Crippen LogP contribution in [0.2, 0.25) is 0 Å². The number of furan rings is 1. The lowest BCUT2D eigenvalue weighted by Gasteiger charge is -2.36. The van der Waals surface area contributed by atoms with E-state index in [4.69, 9.17) is 4.42 Å². The normalized spacial score (nSPS) is 36.8. The first-order valence-corrected chi connectivity index (χ1v) is 5.75. The van der Waals surface area contributed by atoms with Gasteiger partial charge in [0, 0.05) is 5.25 Å². The molecule has 3 atom stereocenters. The zero-order valence-electron chi connectivity index (χ0n) is 7.35. The topological polar surface area (TPSA) is 13.1 Å². The first-order chi connectivity index (χ1) is 6.43. The average Bonchev–Trinajstić information content (AvgIpc) is 2.72. The molecule has 2 heteroatoms. The monoisotopic (exact) mass is 192 g/mol. The van der Waals surface area contributed by atoms with Crippen LogP contribution in [0.3, 0.4) is 0 Å². The summed E-state index contributed by atoms with van der Waals surface area (Å²) in [4.78, 5) is 0. The molecule has 3 aliphatic rings. The quantitative estimate of drug-likeness (QED) is 0.633. The third-order valence-electron chi connectivity index (χ3n) is 2.89. The molecule has 0 radical (unpaired) electrons. The highest BCUT2D eigenvalue weighted by molar-refractivity contribution is 8.00. The van der Waals surface area contributed by atoms with E-state index < -0.39 is 0 Å². The van der Waals surface area contributed by atoms with Gasteiger partial charge in [-0.25, -0.2) is 0 Å². The Labute approximate surface area is 82.2 Å². The maximum absolute atomic E-state index is 5.47. The number of fused-ring (bicyclic) bond motifs is 2. The SMILES string of the molecule is C1=C[C@H]2CC[C@@H]1[C@H](c1ccco1)S2. The number of allylic oxidation sites excluding steroid dienone is 1. The molecule has 1 aromatic heterocycles. The van der Waals surface area contributed by atoms with Crippen LogP contribution in [0.1, 0.15) is 23.9 Å². The Balaban J connectivity index is 1.91. The summed E-state index contributed by atoms with van der Waals surface area (Å²) in [6.07, 6.45) is 9.20. The molecule has 3 heterocycles. The van der Waals surface area contributed by atoms with Gasteiger partial charge in [-0.15, -0.1) is 11.8 Å². The molecular formula is C11H12OS. The van der Waals surface area contributed by atoms with Gasteiger partial charge in [-0.2, -0.15) is 0 Å². The second kappa shape index (κ2) is 2.95. The minimum atomic E-state index is 0.582. The van der Waals surface area contributed by atoms with Crippen LogP contribution >= 0.6 is 11.8 Å². The van der Waals surface area contributed by atoms with Gasteiger partial charge >= 0.3 is 0 Å². The summed E-state index contributed by atoms with van der Waals surface area (Å²) < 4.78 is 5.47. The summed E-state index contributed by atoms with van der Waals surface area (Å²) in [5.74, 6) is 1.87. The predicted molar refractivity (Wildman–Crippen MR) is 54.7 cm³/mol. The smallest absolute Gasteiger partial charge is 0.117 e. The van der Waals surface area contributed by atoms with E-state index in [2.05, 4.69) is 30.0 Å². The Morgan fingerprint density at radius 2 is 2.31 bits per heavy atom. The van der Waals surface area contributed by atoms with Crippen LogP contribution in [0.25, 0.3) is 0 Å². The van der Waals surface area contributed by atoms with Gasteiger partial charge in [-0.3, -0.25) is 0 Å². The minimum absolute atomic E-state index is 0.582. The molecule has 0 amide bonds. The Morgan fingerprint density at radius 3 is 2.85 bits per heavy atom. The van der Waals surface area contributed by atoms with Crippen molar-refractivity contribution in [2.24, 2.45) is 5.92 Å². The van der Waals surface area contributed by atoms with Crippen LogP contribution in [0.15, 0.2) is 35.0 Å². The third-order valence-corrected chi connectivity index (χ3v) is 4.51. The summed E-state index contributed by atoms with van der Waals surface area (Å²) in [5.41, 5.74) is 0. The number of hydrogen-bond acceptors (Lipinski definition) is 2. The van der Waals surface area contributed by atoms with Crippen molar-refractivity contribution >= 4 is 11.8 Å². The van der Waals surface area contributed by atoms with Crippen LogP contribution in [-0.2, 0) is 0 Å². The summed E-state index contributed by atoms with van der Waals surface area (Å²) in [6, 6.07) is 4.09. The maximum atomic E-state index is 5.47. The highest BCUT2D eigenvalue weighted by Crippen LogP contribution is 2.50. The van der Waals surface area contributed by atoms with E-state index in [1.54, 1.807) is 6.26 Å². The molecule has 0 saturated carbocycles. The van der Waals surface area contributed by atoms with E-state index in [0.29, 0.717) is 11.2 Å². The molecule has 2 bridgehead atoms. The summed E-state index contributed by atoms with van der Waals surface area (Å²) in [6.45, 7) is 0. The van der Waals surface area contributed by atoms with Crippen LogP contribution < -0.4 is 0 Å². The lowest BCUT2D eigenvalue weighted by Crippen LogP contribution is -2.23. The molecule has 13 heavy (non-hydrogen) atoms. The van der Waals surface area contributed by atoms with E-state index in [9.17, 15) is 0 Å². The molecule has 0 N–H and O–H groups in total. The van der Waals surface area contributed by atoms with Gasteiger partial charge in [0.25, 0.3) is 0 Å². The summed E-state index contributed by atoms with van der Waals surface area (Å²) >= 11 is 2.06. The van der Waals surface area contributed by atoms with E-state index in [1.807, 2.05) is 6.07 Å². The van der Waals surface area contributed by atoms with Crippen molar-refractivity contribution in [3.63, 3.8) is 0 Å². The van der Waals surface area contributed by atoms with Crippen molar-refractivity contribution in [2.75, 3.05) is 0 Å². The van der Waals surface area contributed by atoms with Crippen molar-refractivity contribution in [1.82, 2.24) is 0 Å². The summed E-state index contributed by atoms with van der Waals surface area (Å²) in [5, 5.41) is 1.32. The number of hydrogen-bond donors (Lipinski definition) is 0. The molecule has 1 fully saturated rings. The largest absolute Gasteiger partial charge is 0.468 e. The van der Waals surface area contributed by atoms with E-state index in [-0.39, 0.29) is 0 Å². The molecule has 0 aromatic carbocycles. The predicted octanol–water partition coefficient (Wildman–Crippen LogP) is 3.40. The van der Waals surface area contributed by atoms with Gasteiger partial charge in [0.1, 0.15) is 5.76 Å². The second-order valence-corrected chi connectivity index (χ2v) is 5.12. The van der Waals surface area contributed by atoms with Crippen molar-refractivity contribution < 1.29 is 4.42 Å². The molecule has 0 spiro atoms. The van der Waals surface area contributed by atoms with Crippen molar-refractivity contribution in [1.29, 1.82) is 0 Å². The van der Waals surface area contributed by atoms with E-state index in [1.165, 1.54) is 12.8 Å². The maximum Gasteiger partial charge on any atom is 0.117 e. The molecule has 68 valence electrons. The minimum Gasteiger partial charge on any atom is -0.468 e. The lowest BCUT2D eigenvalue weighted by atomic mass is 9.90.